The van der Waals surface area contributed by atoms with Crippen molar-refractivity contribution >= 4 is 22.4 Å². The fourth-order valence-corrected chi connectivity index (χ4v) is 3.73. The first-order valence-corrected chi connectivity index (χ1v) is 7.84. The van der Waals surface area contributed by atoms with Crippen molar-refractivity contribution in [3.05, 3.63) is 46.5 Å². The zero-order valence-electron chi connectivity index (χ0n) is 11.6. The molecule has 0 fully saturated rings. The highest BCUT2D eigenvalue weighted by Crippen LogP contribution is 2.32. The molecule has 0 radical (unpaired) electrons. The Morgan fingerprint density at radius 2 is 2.20 bits per heavy atom. The molecule has 1 aromatic heterocycles. The highest BCUT2D eigenvalue weighted by Gasteiger charge is 2.20. The molecule has 20 heavy (non-hydrogen) atoms. The van der Waals surface area contributed by atoms with E-state index in [9.17, 15) is 4.79 Å². The summed E-state index contributed by atoms with van der Waals surface area (Å²) in [6.07, 6.45) is 3.75. The third-order valence-electron chi connectivity index (χ3n) is 3.64. The van der Waals surface area contributed by atoms with Gasteiger partial charge in [0.15, 0.2) is 5.13 Å². The largest absolute Gasteiger partial charge is 0.302 e. The first-order chi connectivity index (χ1) is 9.70. The summed E-state index contributed by atoms with van der Waals surface area (Å²) in [5.74, 6) is 0.742. The van der Waals surface area contributed by atoms with Crippen molar-refractivity contribution in [2.45, 2.75) is 32.6 Å². The average Bonchev–Trinajstić information content (AvgIpc) is 2.80. The molecule has 0 spiro atoms. The molecule has 0 saturated heterocycles. The molecule has 0 bridgehead atoms. The standard InChI is InChI=1S/C16H18N2OS/c1-11-7-8-13-14(9-11)20-16(17-13)18-15(19)10-12-5-3-2-4-6-12/h2-6,11H,7-10H2,1H3,(H,17,18,19)/t11-/m1/s1. The molecule has 1 aliphatic carbocycles. The first-order valence-electron chi connectivity index (χ1n) is 7.03. The Morgan fingerprint density at radius 3 is 3.00 bits per heavy atom. The number of aromatic nitrogens is 1. The minimum absolute atomic E-state index is 0.00958. The van der Waals surface area contributed by atoms with Gasteiger partial charge in [0.2, 0.25) is 5.91 Å². The second kappa shape index (κ2) is 5.75. The van der Waals surface area contributed by atoms with Crippen LogP contribution in [0.5, 0.6) is 0 Å². The maximum absolute atomic E-state index is 12.0. The lowest BCUT2D eigenvalue weighted by molar-refractivity contribution is -0.115. The summed E-state index contributed by atoms with van der Waals surface area (Å²) in [4.78, 5) is 17.9. The quantitative estimate of drug-likeness (QED) is 0.939. The van der Waals surface area contributed by atoms with Gasteiger partial charge in [0, 0.05) is 4.88 Å². The van der Waals surface area contributed by atoms with Gasteiger partial charge in [-0.3, -0.25) is 4.79 Å². The van der Waals surface area contributed by atoms with Crippen LogP contribution in [0.15, 0.2) is 30.3 Å². The number of anilines is 1. The molecule has 0 unspecified atom stereocenters. The van der Waals surface area contributed by atoms with Crippen LogP contribution >= 0.6 is 11.3 Å². The number of hydrogen-bond acceptors (Lipinski definition) is 3. The Morgan fingerprint density at radius 1 is 1.40 bits per heavy atom. The summed E-state index contributed by atoms with van der Waals surface area (Å²) in [5.41, 5.74) is 2.21. The Balaban J connectivity index is 1.65. The Kier molecular flexibility index (Phi) is 3.83. The summed E-state index contributed by atoms with van der Waals surface area (Å²) in [5, 5.41) is 3.69. The van der Waals surface area contributed by atoms with Crippen molar-refractivity contribution in [2.75, 3.05) is 5.32 Å². The minimum atomic E-state index is 0.00958. The number of benzene rings is 1. The van der Waals surface area contributed by atoms with Crippen molar-refractivity contribution in [3.8, 4) is 0 Å². The summed E-state index contributed by atoms with van der Waals surface area (Å²) < 4.78 is 0. The molecule has 1 atom stereocenters. The molecule has 104 valence electrons. The van der Waals surface area contributed by atoms with Crippen molar-refractivity contribution in [1.29, 1.82) is 0 Å². The van der Waals surface area contributed by atoms with Gasteiger partial charge in [-0.2, -0.15) is 0 Å². The van der Waals surface area contributed by atoms with Crippen molar-refractivity contribution < 1.29 is 4.79 Å². The average molecular weight is 286 g/mol. The van der Waals surface area contributed by atoms with Crippen molar-refractivity contribution in [2.24, 2.45) is 5.92 Å². The summed E-state index contributed by atoms with van der Waals surface area (Å²) in [6, 6.07) is 9.79. The van der Waals surface area contributed by atoms with Crippen LogP contribution < -0.4 is 5.32 Å². The second-order valence-corrected chi connectivity index (χ2v) is 6.53. The number of carbonyl (C=O) groups is 1. The maximum atomic E-state index is 12.0. The van der Waals surface area contributed by atoms with E-state index in [-0.39, 0.29) is 5.91 Å². The van der Waals surface area contributed by atoms with Gasteiger partial charge in [-0.15, -0.1) is 11.3 Å². The maximum Gasteiger partial charge on any atom is 0.230 e. The molecule has 3 rings (SSSR count). The van der Waals surface area contributed by atoms with E-state index >= 15 is 0 Å². The number of thiazole rings is 1. The van der Waals surface area contributed by atoms with E-state index < -0.39 is 0 Å². The van der Waals surface area contributed by atoms with Crippen LogP contribution in [0.1, 0.15) is 29.5 Å². The third kappa shape index (κ3) is 3.07. The van der Waals surface area contributed by atoms with Crippen LogP contribution in [0.3, 0.4) is 0 Å². The third-order valence-corrected chi connectivity index (χ3v) is 4.68. The number of aryl methyl sites for hydroxylation is 1. The predicted molar refractivity (Wildman–Crippen MR) is 82.1 cm³/mol. The van der Waals surface area contributed by atoms with E-state index in [1.54, 1.807) is 11.3 Å². The summed E-state index contributed by atoms with van der Waals surface area (Å²) in [7, 11) is 0. The first kappa shape index (κ1) is 13.3. The van der Waals surface area contributed by atoms with Crippen LogP contribution in [0.2, 0.25) is 0 Å². The Labute approximate surface area is 123 Å². The van der Waals surface area contributed by atoms with Gasteiger partial charge >= 0.3 is 0 Å². The van der Waals surface area contributed by atoms with E-state index in [0.717, 1.165) is 29.5 Å². The molecule has 1 aromatic carbocycles. The zero-order valence-corrected chi connectivity index (χ0v) is 12.4. The number of fused-ring (bicyclic) bond motifs is 1. The lowest BCUT2D eigenvalue weighted by Gasteiger charge is -2.15. The van der Waals surface area contributed by atoms with Gasteiger partial charge in [0.05, 0.1) is 12.1 Å². The summed E-state index contributed by atoms with van der Waals surface area (Å²) >= 11 is 1.63. The Hall–Kier alpha value is -1.68. The number of nitrogens with one attached hydrogen (secondary N) is 1. The van der Waals surface area contributed by atoms with Crippen LogP contribution in [-0.4, -0.2) is 10.9 Å². The highest BCUT2D eigenvalue weighted by atomic mass is 32.1. The normalized spacial score (nSPS) is 17.6. The molecule has 0 saturated carbocycles. The van der Waals surface area contributed by atoms with E-state index in [1.165, 1.54) is 17.0 Å². The highest BCUT2D eigenvalue weighted by molar-refractivity contribution is 7.15. The van der Waals surface area contributed by atoms with Gasteiger partial charge in [0.1, 0.15) is 0 Å². The molecule has 1 aliphatic rings. The number of amides is 1. The molecule has 1 N–H and O–H groups in total. The second-order valence-electron chi connectivity index (χ2n) is 5.45. The minimum Gasteiger partial charge on any atom is -0.302 e. The van der Waals surface area contributed by atoms with E-state index in [4.69, 9.17) is 0 Å². The zero-order chi connectivity index (χ0) is 13.9. The van der Waals surface area contributed by atoms with Gasteiger partial charge in [-0.25, -0.2) is 4.98 Å². The predicted octanol–water partition coefficient (Wildman–Crippen LogP) is 3.45. The van der Waals surface area contributed by atoms with Crippen LogP contribution in [0.4, 0.5) is 5.13 Å². The fraction of sp³-hybridized carbons (Fsp3) is 0.375. The number of rotatable bonds is 3. The van der Waals surface area contributed by atoms with Crippen molar-refractivity contribution in [1.82, 2.24) is 4.98 Å². The molecule has 1 heterocycles. The molecular weight excluding hydrogens is 268 g/mol. The molecule has 0 aliphatic heterocycles. The molecule has 2 aromatic rings. The van der Waals surface area contributed by atoms with Crippen molar-refractivity contribution in [3.63, 3.8) is 0 Å². The van der Waals surface area contributed by atoms with E-state index in [1.807, 2.05) is 30.3 Å². The lowest BCUT2D eigenvalue weighted by Crippen LogP contribution is -2.14. The number of carbonyl (C=O) groups excluding carboxylic acids is 1. The van der Waals surface area contributed by atoms with Crippen LogP contribution in [0.25, 0.3) is 0 Å². The van der Waals surface area contributed by atoms with E-state index in [0.29, 0.717) is 6.42 Å². The molecule has 3 nitrogen and oxygen atoms in total. The molecule has 4 heteroatoms. The van der Waals surface area contributed by atoms with E-state index in [2.05, 4.69) is 17.2 Å². The summed E-state index contributed by atoms with van der Waals surface area (Å²) in [6.45, 7) is 2.27. The van der Waals surface area contributed by atoms with Gasteiger partial charge in [-0.1, -0.05) is 37.3 Å². The van der Waals surface area contributed by atoms with Crippen LogP contribution in [-0.2, 0) is 24.1 Å². The molecule has 1 amide bonds. The topological polar surface area (TPSA) is 42.0 Å². The lowest BCUT2D eigenvalue weighted by atomic mass is 9.93. The van der Waals surface area contributed by atoms with Gasteiger partial charge in [0.25, 0.3) is 0 Å². The monoisotopic (exact) mass is 286 g/mol. The van der Waals surface area contributed by atoms with Gasteiger partial charge < -0.3 is 5.32 Å². The van der Waals surface area contributed by atoms with Gasteiger partial charge in [-0.05, 0) is 30.7 Å². The number of nitrogens with zero attached hydrogens (tertiary/aromatic N) is 1. The van der Waals surface area contributed by atoms with Crippen LogP contribution in [0, 0.1) is 5.92 Å². The Bertz CT molecular complexity index is 606. The number of hydrogen-bond donors (Lipinski definition) is 1. The SMILES string of the molecule is C[C@@H]1CCc2nc(NC(=O)Cc3ccccc3)sc2C1. The molecular formula is C16H18N2OS. The smallest absolute Gasteiger partial charge is 0.230 e. The fourth-order valence-electron chi connectivity index (χ4n) is 2.54.